The Hall–Kier alpha value is -1.51. The molecule has 0 radical (unpaired) electrons. The number of rotatable bonds is 4. The van der Waals surface area contributed by atoms with Crippen LogP contribution in [0.15, 0.2) is 36.5 Å². The Morgan fingerprint density at radius 1 is 1.62 bits per heavy atom. The van der Waals surface area contributed by atoms with Crippen molar-refractivity contribution >= 4 is 6.09 Å². The third kappa shape index (κ3) is 5.73. The molecule has 0 bridgehead atoms. The first-order chi connectivity index (χ1) is 6.24. The first-order valence-corrected chi connectivity index (χ1v) is 4.03. The summed E-state index contributed by atoms with van der Waals surface area (Å²) in [6.07, 6.45) is 6.82. The van der Waals surface area contributed by atoms with Crippen LogP contribution in [0.4, 0.5) is 4.79 Å². The number of hydrogen-bond acceptors (Lipinski definition) is 2. The number of carbonyl (C=O) groups is 1. The van der Waals surface area contributed by atoms with Gasteiger partial charge < -0.3 is 10.1 Å². The van der Waals surface area contributed by atoms with Crippen LogP contribution < -0.4 is 5.32 Å². The predicted octanol–water partition coefficient (Wildman–Crippen LogP) is 2.03. The molecule has 0 saturated heterocycles. The summed E-state index contributed by atoms with van der Waals surface area (Å²) in [4.78, 5) is 10.7. The molecule has 0 aromatic heterocycles. The van der Waals surface area contributed by atoms with Gasteiger partial charge in [0.1, 0.15) is 6.61 Å². The molecule has 13 heavy (non-hydrogen) atoms. The summed E-state index contributed by atoms with van der Waals surface area (Å²) in [5, 5.41) is 2.36. The lowest BCUT2D eigenvalue weighted by atomic mass is 10.2. The van der Waals surface area contributed by atoms with Crippen molar-refractivity contribution in [3.63, 3.8) is 0 Å². The fourth-order valence-electron chi connectivity index (χ4n) is 0.616. The predicted molar refractivity (Wildman–Crippen MR) is 53.5 cm³/mol. The minimum atomic E-state index is -0.437. The van der Waals surface area contributed by atoms with Gasteiger partial charge in [0.2, 0.25) is 0 Å². The largest absolute Gasteiger partial charge is 0.445 e. The van der Waals surface area contributed by atoms with Gasteiger partial charge in [-0.15, -0.1) is 0 Å². The number of carbonyl (C=O) groups excluding carboxylic acids is 1. The molecule has 0 aliphatic rings. The molecule has 0 aromatic rings. The fraction of sp³-hybridized carbons (Fsp3) is 0.300. The monoisotopic (exact) mass is 181 g/mol. The average Bonchev–Trinajstić information content (AvgIpc) is 2.17. The van der Waals surface area contributed by atoms with Crippen molar-refractivity contribution in [1.29, 1.82) is 0 Å². The first kappa shape index (κ1) is 11.5. The Labute approximate surface area is 78.8 Å². The van der Waals surface area contributed by atoms with Gasteiger partial charge >= 0.3 is 6.09 Å². The maximum Gasteiger partial charge on any atom is 0.407 e. The molecule has 1 amide bonds. The van der Waals surface area contributed by atoms with E-state index >= 15 is 0 Å². The normalized spacial score (nSPS) is 11.4. The molecule has 0 unspecified atom stereocenters. The molecule has 0 fully saturated rings. The molecule has 1 N–H and O–H groups in total. The van der Waals surface area contributed by atoms with E-state index in [2.05, 4.69) is 11.9 Å². The number of nitrogens with one attached hydrogen (secondary N) is 1. The molecule has 0 heterocycles. The SMILES string of the molecule is C=C/C(=C\C=C/C)COC(=O)NC. The zero-order valence-electron chi connectivity index (χ0n) is 8.04. The number of allylic oxidation sites excluding steroid dienone is 3. The van der Waals surface area contributed by atoms with Gasteiger partial charge in [0, 0.05) is 7.05 Å². The zero-order chi connectivity index (χ0) is 10.1. The fourth-order valence-corrected chi connectivity index (χ4v) is 0.616. The maximum absolute atomic E-state index is 10.7. The topological polar surface area (TPSA) is 38.3 Å². The first-order valence-electron chi connectivity index (χ1n) is 4.03. The molecule has 0 atom stereocenters. The van der Waals surface area contributed by atoms with Gasteiger partial charge in [-0.3, -0.25) is 0 Å². The third-order valence-corrected chi connectivity index (χ3v) is 1.34. The Morgan fingerprint density at radius 2 is 2.31 bits per heavy atom. The number of amides is 1. The maximum atomic E-state index is 10.7. The van der Waals surface area contributed by atoms with E-state index in [4.69, 9.17) is 4.74 Å². The molecule has 0 spiro atoms. The molecule has 0 aromatic carbocycles. The van der Waals surface area contributed by atoms with E-state index in [0.717, 1.165) is 5.57 Å². The molecule has 0 aliphatic carbocycles. The van der Waals surface area contributed by atoms with Crippen molar-refractivity contribution in [2.75, 3.05) is 13.7 Å². The minimum absolute atomic E-state index is 0.244. The highest BCUT2D eigenvalue weighted by Crippen LogP contribution is 1.97. The van der Waals surface area contributed by atoms with Crippen molar-refractivity contribution in [2.45, 2.75) is 6.92 Å². The Morgan fingerprint density at radius 3 is 2.77 bits per heavy atom. The van der Waals surface area contributed by atoms with Crippen LogP contribution in [0.25, 0.3) is 0 Å². The van der Waals surface area contributed by atoms with Crippen LogP contribution in [0, 0.1) is 0 Å². The highest BCUT2D eigenvalue weighted by atomic mass is 16.5. The van der Waals surface area contributed by atoms with E-state index in [0.29, 0.717) is 0 Å². The summed E-state index contributed by atoms with van der Waals surface area (Å²) in [5.74, 6) is 0. The van der Waals surface area contributed by atoms with Crippen molar-refractivity contribution in [3.8, 4) is 0 Å². The highest BCUT2D eigenvalue weighted by Gasteiger charge is 1.97. The van der Waals surface area contributed by atoms with Crippen LogP contribution >= 0.6 is 0 Å². The second-order valence-electron chi connectivity index (χ2n) is 2.30. The van der Waals surface area contributed by atoms with Gasteiger partial charge in [-0.1, -0.05) is 30.9 Å². The Kier molecular flexibility index (Phi) is 6.32. The molecule has 0 saturated carbocycles. The van der Waals surface area contributed by atoms with Crippen LogP contribution in [0.3, 0.4) is 0 Å². The van der Waals surface area contributed by atoms with Crippen LogP contribution in [-0.4, -0.2) is 19.7 Å². The van der Waals surface area contributed by atoms with Crippen molar-refractivity contribution < 1.29 is 9.53 Å². The molecular weight excluding hydrogens is 166 g/mol. The standard InChI is InChI=1S/C10H15NO2/c1-4-6-7-9(5-2)8-13-10(12)11-3/h4-7H,2,8H2,1,3H3,(H,11,12)/b6-4-,9-7+. The molecule has 0 aliphatic heterocycles. The third-order valence-electron chi connectivity index (χ3n) is 1.34. The van der Waals surface area contributed by atoms with E-state index in [1.807, 2.05) is 25.2 Å². The lowest BCUT2D eigenvalue weighted by Gasteiger charge is -2.03. The highest BCUT2D eigenvalue weighted by molar-refractivity contribution is 5.66. The summed E-state index contributed by atoms with van der Waals surface area (Å²) >= 11 is 0. The second kappa shape index (κ2) is 7.16. The van der Waals surface area contributed by atoms with Crippen molar-refractivity contribution in [3.05, 3.63) is 36.5 Å². The summed E-state index contributed by atoms with van der Waals surface area (Å²) in [6, 6.07) is 0. The van der Waals surface area contributed by atoms with Gasteiger partial charge in [0.25, 0.3) is 0 Å². The van der Waals surface area contributed by atoms with Crippen LogP contribution in [0.2, 0.25) is 0 Å². The Balaban J connectivity index is 3.99. The van der Waals surface area contributed by atoms with Gasteiger partial charge in [0.05, 0.1) is 0 Å². The van der Waals surface area contributed by atoms with Crippen molar-refractivity contribution in [2.24, 2.45) is 0 Å². The van der Waals surface area contributed by atoms with Crippen LogP contribution in [0.5, 0.6) is 0 Å². The number of alkyl carbamates (subject to hydrolysis) is 1. The number of hydrogen-bond donors (Lipinski definition) is 1. The van der Waals surface area contributed by atoms with E-state index in [9.17, 15) is 4.79 Å². The molecule has 3 heteroatoms. The van der Waals surface area contributed by atoms with Crippen molar-refractivity contribution in [1.82, 2.24) is 5.32 Å². The summed E-state index contributed by atoms with van der Waals surface area (Å²) in [6.45, 7) is 5.76. The lowest BCUT2D eigenvalue weighted by molar-refractivity contribution is 0.159. The van der Waals surface area contributed by atoms with Crippen LogP contribution in [-0.2, 0) is 4.74 Å². The average molecular weight is 181 g/mol. The number of ether oxygens (including phenoxy) is 1. The van der Waals surface area contributed by atoms with E-state index in [1.165, 1.54) is 7.05 Å². The molecule has 3 nitrogen and oxygen atoms in total. The minimum Gasteiger partial charge on any atom is -0.445 e. The summed E-state index contributed by atoms with van der Waals surface area (Å²) < 4.78 is 4.82. The second-order valence-corrected chi connectivity index (χ2v) is 2.30. The molecular formula is C10H15NO2. The van der Waals surface area contributed by atoms with Gasteiger partial charge in [-0.25, -0.2) is 4.79 Å². The van der Waals surface area contributed by atoms with E-state index in [1.54, 1.807) is 6.08 Å². The summed E-state index contributed by atoms with van der Waals surface area (Å²) in [7, 11) is 1.52. The summed E-state index contributed by atoms with van der Waals surface area (Å²) in [5.41, 5.74) is 0.863. The molecule has 72 valence electrons. The van der Waals surface area contributed by atoms with Crippen LogP contribution in [0.1, 0.15) is 6.92 Å². The van der Waals surface area contributed by atoms with E-state index in [-0.39, 0.29) is 6.61 Å². The quantitative estimate of drug-likeness (QED) is 0.674. The van der Waals surface area contributed by atoms with Gasteiger partial charge in [-0.2, -0.15) is 0 Å². The van der Waals surface area contributed by atoms with Gasteiger partial charge in [-0.05, 0) is 12.5 Å². The smallest absolute Gasteiger partial charge is 0.407 e. The Bertz CT molecular complexity index is 229. The molecule has 0 rings (SSSR count). The zero-order valence-corrected chi connectivity index (χ0v) is 8.04. The van der Waals surface area contributed by atoms with E-state index < -0.39 is 6.09 Å². The van der Waals surface area contributed by atoms with Gasteiger partial charge in [0.15, 0.2) is 0 Å². The lowest BCUT2D eigenvalue weighted by Crippen LogP contribution is -2.19.